The number of nitrogens with zero attached hydrogens (tertiary/aromatic N) is 5. The SMILES string of the molecule is Cc1cc(C)c(-c2cc3c4c(n2)Oc2c(ccc5sc(C(C)(C)C)cc25)B4c2cc4c(cc2N3c2ccccc2)N(c2ccccc2)c2nc(-c3c(C)cc(C)cc3C)cc3c2B4c2cc(C)sc2N3c2ccc3c(c2)C(C)(N)CCC3(C)C)c(C)c1. The van der Waals surface area contributed by atoms with Crippen molar-refractivity contribution in [2.24, 2.45) is 5.73 Å². The molecule has 0 saturated carbocycles. The van der Waals surface area contributed by atoms with E-state index in [1.54, 1.807) is 0 Å². The second-order valence-corrected chi connectivity index (χ2v) is 29.9. The van der Waals surface area contributed by atoms with Gasteiger partial charge in [0.2, 0.25) is 5.88 Å². The lowest BCUT2D eigenvalue weighted by Gasteiger charge is -2.45. The van der Waals surface area contributed by atoms with Gasteiger partial charge in [-0.1, -0.05) is 131 Å². The van der Waals surface area contributed by atoms with Gasteiger partial charge < -0.3 is 20.3 Å². The van der Waals surface area contributed by atoms with Gasteiger partial charge in [-0.2, -0.15) is 0 Å². The van der Waals surface area contributed by atoms with Gasteiger partial charge in [-0.3, -0.25) is 4.90 Å². The quantitative estimate of drug-likeness (QED) is 0.172. The number of anilines is 9. The number of aryl methyl sites for hydroxylation is 7. The van der Waals surface area contributed by atoms with E-state index >= 15 is 0 Å². The van der Waals surface area contributed by atoms with Crippen LogP contribution in [0.1, 0.15) is 109 Å². The molecule has 0 bridgehead atoms. The highest BCUT2D eigenvalue weighted by Gasteiger charge is 2.50. The molecule has 1 unspecified atom stereocenters. The third-order valence-corrected chi connectivity index (χ3v) is 22.2. The Labute approximate surface area is 520 Å². The van der Waals surface area contributed by atoms with Crippen LogP contribution < -0.4 is 57.9 Å². The second-order valence-electron chi connectivity index (χ2n) is 27.6. The van der Waals surface area contributed by atoms with E-state index in [1.807, 2.05) is 22.7 Å². The zero-order chi connectivity index (χ0) is 60.1. The van der Waals surface area contributed by atoms with Crippen molar-refractivity contribution in [2.75, 3.05) is 14.7 Å². The highest BCUT2D eigenvalue weighted by Crippen LogP contribution is 2.53. The first-order valence-corrected chi connectivity index (χ1v) is 32.5. The van der Waals surface area contributed by atoms with E-state index in [9.17, 15) is 0 Å². The van der Waals surface area contributed by atoms with Gasteiger partial charge in [0.25, 0.3) is 13.4 Å². The normalized spacial score (nSPS) is 16.6. The van der Waals surface area contributed by atoms with Crippen LogP contribution >= 0.6 is 22.7 Å². The van der Waals surface area contributed by atoms with E-state index in [-0.39, 0.29) is 24.3 Å². The number of benzene rings is 7. The summed E-state index contributed by atoms with van der Waals surface area (Å²) in [5.74, 6) is 2.48. The van der Waals surface area contributed by atoms with Crippen molar-refractivity contribution in [1.29, 1.82) is 0 Å². The number of thiophene rings is 2. The molecule has 8 heterocycles. The number of hydrogen-bond acceptors (Lipinski definition) is 9. The molecule has 87 heavy (non-hydrogen) atoms. The molecule has 4 aromatic heterocycles. The summed E-state index contributed by atoms with van der Waals surface area (Å²) in [7, 11) is 0. The zero-order valence-corrected chi connectivity index (χ0v) is 53.7. The Hall–Kier alpha value is -8.21. The molecule has 2 N–H and O–H groups in total. The Balaban J connectivity index is 1.03. The van der Waals surface area contributed by atoms with Gasteiger partial charge in [-0.25, -0.2) is 9.97 Å². The van der Waals surface area contributed by atoms with E-state index in [4.69, 9.17) is 20.4 Å². The lowest BCUT2D eigenvalue weighted by molar-refractivity contribution is 0.319. The van der Waals surface area contributed by atoms with Crippen LogP contribution in [0.5, 0.6) is 11.6 Å². The minimum Gasteiger partial charge on any atom is -0.439 e. The van der Waals surface area contributed by atoms with E-state index < -0.39 is 5.54 Å². The maximum absolute atomic E-state index is 7.50. The van der Waals surface area contributed by atoms with E-state index in [0.29, 0.717) is 5.88 Å². The highest BCUT2D eigenvalue weighted by molar-refractivity contribution is 7.20. The monoisotopic (exact) mass is 1170 g/mol. The van der Waals surface area contributed by atoms with Crippen molar-refractivity contribution >= 4 is 130 Å². The number of rotatable bonds is 5. The first-order valence-electron chi connectivity index (χ1n) is 30.9. The lowest BCUT2D eigenvalue weighted by Crippen LogP contribution is -2.64. The lowest BCUT2D eigenvalue weighted by atomic mass is 9.31. The minimum absolute atomic E-state index is 0.00209. The molecule has 0 radical (unpaired) electrons. The maximum atomic E-state index is 7.50. The summed E-state index contributed by atoms with van der Waals surface area (Å²) >= 11 is 3.75. The summed E-state index contributed by atoms with van der Waals surface area (Å²) in [6, 6.07) is 57.7. The van der Waals surface area contributed by atoms with Crippen molar-refractivity contribution < 1.29 is 4.74 Å². The summed E-state index contributed by atoms with van der Waals surface area (Å²) in [5.41, 5.74) is 35.6. The molecule has 11 heteroatoms. The summed E-state index contributed by atoms with van der Waals surface area (Å²) in [4.78, 5) is 21.9. The van der Waals surface area contributed by atoms with Crippen LogP contribution in [0.25, 0.3) is 32.6 Å². The third-order valence-electron chi connectivity index (χ3n) is 19.6. The molecule has 1 aliphatic carbocycles. The number of hydrogen-bond donors (Lipinski definition) is 1. The number of nitrogens with two attached hydrogens (primary N) is 1. The van der Waals surface area contributed by atoms with Gasteiger partial charge in [0.1, 0.15) is 11.6 Å². The summed E-state index contributed by atoms with van der Waals surface area (Å²) in [6.45, 7) is 29.1. The fourth-order valence-corrected chi connectivity index (χ4v) is 17.9. The van der Waals surface area contributed by atoms with Crippen molar-refractivity contribution in [3.63, 3.8) is 0 Å². The second kappa shape index (κ2) is 18.9. The molecule has 16 rings (SSSR count). The average Bonchev–Trinajstić information content (AvgIpc) is 1.49. The van der Waals surface area contributed by atoms with Crippen LogP contribution in [-0.4, -0.2) is 23.4 Å². The van der Waals surface area contributed by atoms with Crippen molar-refractivity contribution in [1.82, 2.24) is 9.97 Å². The van der Waals surface area contributed by atoms with Gasteiger partial charge in [0, 0.05) is 81.8 Å². The van der Waals surface area contributed by atoms with Crippen molar-refractivity contribution in [3.05, 3.63) is 206 Å². The Morgan fingerprint density at radius 2 is 1.10 bits per heavy atom. The zero-order valence-electron chi connectivity index (χ0n) is 52.0. The number of para-hydroxylation sites is 2. The van der Waals surface area contributed by atoms with Gasteiger partial charge in [0.15, 0.2) is 0 Å². The summed E-state index contributed by atoms with van der Waals surface area (Å²) in [5, 5.41) is 2.36. The van der Waals surface area contributed by atoms with Crippen LogP contribution in [-0.2, 0) is 16.4 Å². The predicted molar refractivity (Wildman–Crippen MR) is 372 cm³/mol. The molecule has 7 nitrogen and oxygen atoms in total. The van der Waals surface area contributed by atoms with Crippen LogP contribution in [0.15, 0.2) is 152 Å². The molecule has 0 saturated heterocycles. The molecule has 5 aliphatic rings. The Morgan fingerprint density at radius 1 is 0.517 bits per heavy atom. The summed E-state index contributed by atoms with van der Waals surface area (Å²) < 4.78 is 8.72. The largest absolute Gasteiger partial charge is 0.439 e. The molecule has 4 aliphatic heterocycles. The molecular formula is C76H70B2N6OS2. The fourth-order valence-electron chi connectivity index (χ4n) is 15.7. The van der Waals surface area contributed by atoms with Gasteiger partial charge in [-0.05, 0) is 206 Å². The van der Waals surface area contributed by atoms with Gasteiger partial charge in [0.05, 0.1) is 16.4 Å². The molecule has 0 amide bonds. The molecule has 11 aromatic rings. The Bertz CT molecular complexity index is 4740. The molecule has 7 aromatic carbocycles. The van der Waals surface area contributed by atoms with E-state index in [2.05, 4.69) is 256 Å². The highest BCUT2D eigenvalue weighted by atomic mass is 32.1. The smallest absolute Gasteiger partial charge is 0.258 e. The van der Waals surface area contributed by atoms with Crippen molar-refractivity contribution in [3.8, 4) is 34.1 Å². The minimum atomic E-state index is -0.483. The predicted octanol–water partition coefficient (Wildman–Crippen LogP) is 16.3. The van der Waals surface area contributed by atoms with E-state index in [0.717, 1.165) is 103 Å². The topological polar surface area (TPSA) is 70.8 Å². The Kier molecular flexibility index (Phi) is 11.8. The van der Waals surface area contributed by atoms with Crippen LogP contribution in [0, 0.1) is 48.5 Å². The Morgan fingerprint density at radius 3 is 1.74 bits per heavy atom. The van der Waals surface area contributed by atoms with Crippen molar-refractivity contribution in [2.45, 2.75) is 119 Å². The van der Waals surface area contributed by atoms with Gasteiger partial charge >= 0.3 is 0 Å². The number of fused-ring (bicyclic) bond motifs is 11. The molecule has 0 fully saturated rings. The van der Waals surface area contributed by atoms with E-state index in [1.165, 1.54) is 85.8 Å². The third kappa shape index (κ3) is 8.11. The number of ether oxygens (including phenoxy) is 1. The fraction of sp³-hybridized carbons (Fsp3) is 0.237. The molecular weight excluding hydrogens is 1100 g/mol. The average molecular weight is 1170 g/mol. The van der Waals surface area contributed by atoms with Crippen LogP contribution in [0.3, 0.4) is 0 Å². The summed E-state index contributed by atoms with van der Waals surface area (Å²) in [6.07, 6.45) is 1.96. The molecule has 428 valence electrons. The first-order chi connectivity index (χ1) is 41.6. The van der Waals surface area contributed by atoms with Crippen LogP contribution in [0.2, 0.25) is 0 Å². The van der Waals surface area contributed by atoms with Gasteiger partial charge in [-0.15, -0.1) is 22.7 Å². The molecule has 0 spiro atoms. The number of aromatic nitrogens is 2. The molecule has 1 atom stereocenters. The number of pyridine rings is 2. The maximum Gasteiger partial charge on any atom is 0.258 e. The van der Waals surface area contributed by atoms with Crippen LogP contribution in [0.4, 0.5) is 50.6 Å². The standard InChI is InChI=1S/C76H70B2N6OS2/c1-41-30-43(3)66(44(4)31-41)58-38-62-68-71(80-58)83(49-22-18-15-19-23-49)61-40-60-55(37-56(61)78(68)57-34-47(7)86-73(57)84(62)50-24-25-52-53(35-50)76(13,79)29-28-75(52,11)12)77-54-26-27-64-51(36-65(87-64)74(8,9)10)70(54)85-72-69(77)63(82(60)48-20-16-14-17-21-48)39-59(81-72)67-45(5)32-42(2)33-46(67)6/h14-27,30-40H,28-29,79H2,1-13H3. The first kappa shape index (κ1) is 54.2.